The molecule has 0 bridgehead atoms. The maximum atomic E-state index is 13.0. The van der Waals surface area contributed by atoms with Crippen molar-refractivity contribution in [1.82, 2.24) is 19.1 Å². The molecular weight excluding hydrogens is 422 g/mol. The van der Waals surface area contributed by atoms with Gasteiger partial charge in [-0.25, -0.2) is 19.0 Å². The van der Waals surface area contributed by atoms with Crippen molar-refractivity contribution in [1.29, 1.82) is 10.5 Å². The Hall–Kier alpha value is -3.53. The third-order valence-electron chi connectivity index (χ3n) is 5.94. The lowest BCUT2D eigenvalue weighted by molar-refractivity contribution is 0.00989. The van der Waals surface area contributed by atoms with Gasteiger partial charge in [0.1, 0.15) is 22.9 Å². The molecule has 33 heavy (non-hydrogen) atoms. The summed E-state index contributed by atoms with van der Waals surface area (Å²) in [4.78, 5) is 34.4. The van der Waals surface area contributed by atoms with Crippen LogP contribution >= 0.6 is 0 Å². The molecule has 0 radical (unpaired) electrons. The van der Waals surface area contributed by atoms with Crippen LogP contribution in [-0.4, -0.2) is 55.9 Å². The highest BCUT2D eigenvalue weighted by atomic mass is 16.6. The molecule has 3 rings (SSSR count). The van der Waals surface area contributed by atoms with Crippen molar-refractivity contribution in [2.24, 2.45) is 7.05 Å². The van der Waals surface area contributed by atoms with Crippen LogP contribution < -0.4 is 10.5 Å². The molecule has 1 amide bonds. The number of imidazole rings is 1. The molecule has 0 aromatic carbocycles. The van der Waals surface area contributed by atoms with Gasteiger partial charge in [-0.3, -0.25) is 4.79 Å². The van der Waals surface area contributed by atoms with Gasteiger partial charge < -0.3 is 14.5 Å². The van der Waals surface area contributed by atoms with Crippen molar-refractivity contribution < 1.29 is 9.53 Å². The van der Waals surface area contributed by atoms with Gasteiger partial charge in [0.15, 0.2) is 5.65 Å². The van der Waals surface area contributed by atoms with E-state index < -0.39 is 11.2 Å². The van der Waals surface area contributed by atoms with E-state index in [2.05, 4.69) is 17.1 Å². The van der Waals surface area contributed by atoms with E-state index in [4.69, 9.17) is 10.00 Å². The smallest absolute Gasteiger partial charge is 0.410 e. The third-order valence-corrected chi connectivity index (χ3v) is 5.94. The summed E-state index contributed by atoms with van der Waals surface area (Å²) in [6.45, 7) is 10.4. The monoisotopic (exact) mass is 453 g/mol. The number of hydrogen-bond acceptors (Lipinski definition) is 7. The largest absolute Gasteiger partial charge is 0.444 e. The van der Waals surface area contributed by atoms with Gasteiger partial charge in [-0.15, -0.1) is 0 Å². The van der Waals surface area contributed by atoms with E-state index in [1.165, 1.54) is 4.68 Å². The number of carbonyl (C=O) groups excluding carboxylic acids is 1. The van der Waals surface area contributed by atoms with Crippen LogP contribution in [-0.2, 0) is 18.2 Å². The first-order valence-corrected chi connectivity index (χ1v) is 11.2. The summed E-state index contributed by atoms with van der Waals surface area (Å²) in [5, 5.41) is 19.0. The Bertz CT molecular complexity index is 1190. The average Bonchev–Trinajstić information content (AvgIpc) is 3.17. The molecule has 1 aliphatic rings. The van der Waals surface area contributed by atoms with Crippen LogP contribution in [0.3, 0.4) is 0 Å². The van der Waals surface area contributed by atoms with Crippen molar-refractivity contribution in [3.8, 4) is 12.1 Å². The van der Waals surface area contributed by atoms with Crippen LogP contribution in [0.5, 0.6) is 0 Å². The summed E-state index contributed by atoms with van der Waals surface area (Å²) in [5.41, 5.74) is 0.414. The first kappa shape index (κ1) is 24.1. The molecule has 0 saturated carbocycles. The van der Waals surface area contributed by atoms with Crippen molar-refractivity contribution >= 4 is 17.4 Å². The van der Waals surface area contributed by atoms with E-state index in [1.807, 2.05) is 39.5 Å². The number of nitrogens with zero attached hydrogens (tertiary/aromatic N) is 7. The minimum Gasteiger partial charge on any atom is -0.444 e. The molecule has 2 aromatic rings. The van der Waals surface area contributed by atoms with Crippen molar-refractivity contribution in [2.75, 3.05) is 18.0 Å². The van der Waals surface area contributed by atoms with E-state index in [0.29, 0.717) is 43.0 Å². The highest BCUT2D eigenvalue weighted by Gasteiger charge is 2.39. The molecular formula is C23H31N7O3. The second-order valence-corrected chi connectivity index (χ2v) is 9.31. The van der Waals surface area contributed by atoms with Gasteiger partial charge in [0, 0.05) is 26.2 Å². The van der Waals surface area contributed by atoms with E-state index in [9.17, 15) is 14.9 Å². The lowest BCUT2D eigenvalue weighted by atomic mass is 10.0. The molecule has 10 nitrogen and oxygen atoms in total. The van der Waals surface area contributed by atoms with Gasteiger partial charge >= 0.3 is 6.09 Å². The topological polar surface area (TPSA) is 120 Å². The molecule has 3 heterocycles. The quantitative estimate of drug-likeness (QED) is 0.698. The zero-order valence-electron chi connectivity index (χ0n) is 20.1. The molecule has 2 aromatic heterocycles. The third kappa shape index (κ3) is 4.51. The lowest BCUT2D eigenvalue weighted by Gasteiger charge is -2.47. The van der Waals surface area contributed by atoms with Crippen LogP contribution in [0.2, 0.25) is 0 Å². The molecule has 10 heteroatoms. The summed E-state index contributed by atoms with van der Waals surface area (Å²) in [7, 11) is 1.57. The Morgan fingerprint density at radius 1 is 1.21 bits per heavy atom. The highest BCUT2D eigenvalue weighted by molar-refractivity contribution is 5.77. The lowest BCUT2D eigenvalue weighted by Crippen LogP contribution is -2.60. The summed E-state index contributed by atoms with van der Waals surface area (Å²) < 4.78 is 8.57. The van der Waals surface area contributed by atoms with Gasteiger partial charge in [0.05, 0.1) is 30.4 Å². The van der Waals surface area contributed by atoms with Gasteiger partial charge in [-0.1, -0.05) is 13.8 Å². The van der Waals surface area contributed by atoms with Crippen molar-refractivity contribution in [3.05, 3.63) is 27.8 Å². The fourth-order valence-corrected chi connectivity index (χ4v) is 4.29. The van der Waals surface area contributed by atoms with Gasteiger partial charge in [-0.05, 0) is 33.6 Å². The summed E-state index contributed by atoms with van der Waals surface area (Å²) in [5.74, 6) is 0. The van der Waals surface area contributed by atoms with Crippen molar-refractivity contribution in [3.63, 3.8) is 0 Å². The number of rotatable bonds is 4. The SMILES string of the molecule is CC[C@@H]1CN(c2c(C#N)c(=O)n(C)n3cc(CC#N)nc23)[C@@H](CC)CN1C(=O)OC(C)(C)C. The normalized spacial score (nSPS) is 18.8. The number of amides is 1. The highest BCUT2D eigenvalue weighted by Crippen LogP contribution is 2.32. The maximum Gasteiger partial charge on any atom is 0.410 e. The van der Waals surface area contributed by atoms with Crippen LogP contribution in [0.4, 0.5) is 10.5 Å². The molecule has 0 aliphatic carbocycles. The number of anilines is 1. The molecule has 1 fully saturated rings. The van der Waals surface area contributed by atoms with Crippen LogP contribution in [0.15, 0.2) is 11.0 Å². The summed E-state index contributed by atoms with van der Waals surface area (Å²) in [6.07, 6.45) is 2.76. The molecule has 2 atom stereocenters. The standard InChI is InChI=1S/C23H31N7O3/c1-7-16-14-29(22(32)33-23(3,4)5)17(8-2)13-28(16)19-18(11-25)21(31)27(6)30-12-15(9-10-24)26-20(19)30/h12,16-17H,7-9,13-14H2,1-6H3/t16-,17+/m0/s1. The molecule has 0 spiro atoms. The second-order valence-electron chi connectivity index (χ2n) is 9.31. The van der Waals surface area contributed by atoms with Gasteiger partial charge in [0.25, 0.3) is 5.56 Å². The molecule has 1 saturated heterocycles. The van der Waals surface area contributed by atoms with Gasteiger partial charge in [0.2, 0.25) is 0 Å². The number of aromatic nitrogens is 3. The second kappa shape index (κ2) is 9.14. The van der Waals surface area contributed by atoms with Crippen LogP contribution in [0.1, 0.15) is 58.7 Å². The fraction of sp³-hybridized carbons (Fsp3) is 0.609. The van der Waals surface area contributed by atoms with Gasteiger partial charge in [-0.2, -0.15) is 10.5 Å². The molecule has 0 N–H and O–H groups in total. The average molecular weight is 454 g/mol. The Balaban J connectivity index is 2.14. The molecule has 176 valence electrons. The number of fused-ring (bicyclic) bond motifs is 1. The van der Waals surface area contributed by atoms with Crippen molar-refractivity contribution in [2.45, 2.75) is 71.6 Å². The van der Waals surface area contributed by atoms with Crippen LogP contribution in [0, 0.1) is 22.7 Å². The zero-order chi connectivity index (χ0) is 24.5. The van der Waals surface area contributed by atoms with E-state index in [-0.39, 0.29) is 30.2 Å². The Labute approximate surface area is 193 Å². The zero-order valence-corrected chi connectivity index (χ0v) is 20.1. The first-order chi connectivity index (χ1) is 15.6. The van der Waals surface area contributed by atoms with Crippen LogP contribution in [0.25, 0.3) is 5.65 Å². The maximum absolute atomic E-state index is 13.0. The number of piperazine rings is 1. The molecule has 0 unspecified atom stereocenters. The Morgan fingerprint density at radius 2 is 1.88 bits per heavy atom. The Kier molecular flexibility index (Phi) is 6.68. The summed E-state index contributed by atoms with van der Waals surface area (Å²) >= 11 is 0. The molecule has 1 aliphatic heterocycles. The minimum absolute atomic E-state index is 0.0122. The number of carbonyl (C=O) groups is 1. The number of hydrogen-bond donors (Lipinski definition) is 0. The fourth-order valence-electron chi connectivity index (χ4n) is 4.29. The predicted molar refractivity (Wildman–Crippen MR) is 123 cm³/mol. The predicted octanol–water partition coefficient (Wildman–Crippen LogP) is 2.59. The van der Waals surface area contributed by atoms with E-state index >= 15 is 0 Å². The summed E-state index contributed by atoms with van der Waals surface area (Å²) in [6, 6.07) is 3.86. The first-order valence-electron chi connectivity index (χ1n) is 11.2. The Morgan fingerprint density at radius 3 is 2.42 bits per heavy atom. The number of nitriles is 2. The number of ether oxygens (including phenoxy) is 1. The minimum atomic E-state index is -0.604. The number of aryl methyl sites for hydroxylation is 1. The van der Waals surface area contributed by atoms with E-state index in [0.717, 1.165) is 0 Å². The van der Waals surface area contributed by atoms with E-state index in [1.54, 1.807) is 22.7 Å².